The molecule has 0 spiro atoms. The van der Waals surface area contributed by atoms with Crippen LogP contribution in [-0.2, 0) is 24.2 Å². The van der Waals surface area contributed by atoms with E-state index in [0.717, 1.165) is 66.5 Å². The Hall–Kier alpha value is -4.62. The van der Waals surface area contributed by atoms with E-state index in [2.05, 4.69) is 33.3 Å². The second-order valence-electron chi connectivity index (χ2n) is 10.4. The largest absolute Gasteiger partial charge is 0.425 e. The van der Waals surface area contributed by atoms with Gasteiger partial charge in [-0.25, -0.2) is 4.52 Å². The molecule has 1 fully saturated rings. The van der Waals surface area contributed by atoms with E-state index in [1.807, 2.05) is 57.6 Å². The fourth-order valence-corrected chi connectivity index (χ4v) is 5.83. The van der Waals surface area contributed by atoms with Crippen molar-refractivity contribution < 1.29 is 9.15 Å². The predicted octanol–water partition coefficient (Wildman–Crippen LogP) is 5.06. The van der Waals surface area contributed by atoms with Crippen molar-refractivity contribution in [3.05, 3.63) is 99.9 Å². The van der Waals surface area contributed by atoms with Crippen molar-refractivity contribution in [1.29, 1.82) is 5.26 Å². The summed E-state index contributed by atoms with van der Waals surface area (Å²) in [6, 6.07) is 18.0. The van der Waals surface area contributed by atoms with Crippen LogP contribution in [0.1, 0.15) is 73.3 Å². The lowest BCUT2D eigenvalue weighted by Gasteiger charge is -2.30. The summed E-state index contributed by atoms with van der Waals surface area (Å²) in [5.41, 5.74) is 5.21. The van der Waals surface area contributed by atoms with Gasteiger partial charge in [0.05, 0.1) is 23.4 Å². The number of nitrogens with zero attached hydrogens (tertiary/aromatic N) is 7. The van der Waals surface area contributed by atoms with Crippen molar-refractivity contribution in [2.24, 2.45) is 0 Å². The van der Waals surface area contributed by atoms with Crippen molar-refractivity contribution in [2.45, 2.75) is 70.6 Å². The lowest BCUT2D eigenvalue weighted by molar-refractivity contribution is -0.00110. The Labute approximate surface area is 237 Å². The minimum absolute atomic E-state index is 0.00285. The molecule has 0 atom stereocenters. The summed E-state index contributed by atoms with van der Waals surface area (Å²) in [5.74, 6) is 1.06. The summed E-state index contributed by atoms with van der Waals surface area (Å²) in [4.78, 5) is 18.7. The van der Waals surface area contributed by atoms with Gasteiger partial charge >= 0.3 is 0 Å². The molecule has 208 valence electrons. The molecule has 0 amide bonds. The molecule has 10 nitrogen and oxygen atoms in total. The molecular weight excluding hydrogens is 518 g/mol. The van der Waals surface area contributed by atoms with Crippen LogP contribution in [0.2, 0.25) is 0 Å². The normalized spacial score (nSPS) is 17.1. The van der Waals surface area contributed by atoms with E-state index in [4.69, 9.17) is 9.15 Å². The molecule has 0 N–H and O–H groups in total. The molecule has 1 saturated carbocycles. The number of aryl methyl sites for hydroxylation is 1. The van der Waals surface area contributed by atoms with E-state index in [-0.39, 0.29) is 17.7 Å². The number of fused-ring (bicyclic) bond motifs is 1. The molecule has 41 heavy (non-hydrogen) atoms. The minimum atomic E-state index is 0.00285. The number of ether oxygens (including phenoxy) is 1. The van der Waals surface area contributed by atoms with Crippen LogP contribution in [0.15, 0.2) is 70.5 Å². The van der Waals surface area contributed by atoms with Crippen LogP contribution in [0.25, 0.3) is 16.9 Å². The summed E-state index contributed by atoms with van der Waals surface area (Å²) >= 11 is 0. The molecule has 3 aromatic heterocycles. The highest BCUT2D eigenvalue weighted by Gasteiger charge is 2.28. The first-order chi connectivity index (χ1) is 20.2. The highest BCUT2D eigenvalue weighted by Crippen LogP contribution is 2.31. The van der Waals surface area contributed by atoms with Gasteiger partial charge in [-0.1, -0.05) is 55.8 Å². The molecule has 3 heterocycles. The van der Waals surface area contributed by atoms with E-state index in [1.165, 1.54) is 12.7 Å². The van der Waals surface area contributed by atoms with E-state index < -0.39 is 0 Å². The number of hydrogen-bond acceptors (Lipinski definition) is 8. The first kappa shape index (κ1) is 26.6. The molecular formula is C31H31N7O3. The molecule has 10 heteroatoms. The second kappa shape index (κ2) is 11.9. The standard InChI is InChI=1S/C31H31N7O3/c1-2-5-28-27(16-21-8-10-22(11-9-21)26-7-4-3-6-23(26)17-32)30(39)37(31-33-19-35-38(28)31)24-12-14-25(15-13-24)40-18-29-36-34-20-41-29/h3-4,6-11,19-20,24-25H,2,5,12-16,18H2,1H3. The van der Waals surface area contributed by atoms with Gasteiger partial charge in [-0.3, -0.25) is 9.36 Å². The lowest BCUT2D eigenvalue weighted by atomic mass is 9.92. The van der Waals surface area contributed by atoms with E-state index in [1.54, 1.807) is 0 Å². The quantitative estimate of drug-likeness (QED) is 0.250. The topological polar surface area (TPSA) is 124 Å². The van der Waals surface area contributed by atoms with Crippen molar-refractivity contribution >= 4 is 5.78 Å². The van der Waals surface area contributed by atoms with E-state index >= 15 is 0 Å². The average Bonchev–Trinajstić information content (AvgIpc) is 3.72. The molecule has 5 aromatic rings. The van der Waals surface area contributed by atoms with Gasteiger partial charge in [-0.05, 0) is 54.9 Å². The van der Waals surface area contributed by atoms with E-state index in [0.29, 0.717) is 30.3 Å². The fraction of sp³-hybridized carbons (Fsp3) is 0.355. The Morgan fingerprint density at radius 2 is 1.90 bits per heavy atom. The van der Waals surface area contributed by atoms with Gasteiger partial charge in [-0.2, -0.15) is 15.3 Å². The number of hydrogen-bond donors (Lipinski definition) is 0. The Morgan fingerprint density at radius 1 is 1.10 bits per heavy atom. The summed E-state index contributed by atoms with van der Waals surface area (Å²) in [6.45, 7) is 2.40. The minimum Gasteiger partial charge on any atom is -0.425 e. The van der Waals surface area contributed by atoms with Crippen molar-refractivity contribution in [3.63, 3.8) is 0 Å². The van der Waals surface area contributed by atoms with Gasteiger partial charge in [0.15, 0.2) is 0 Å². The summed E-state index contributed by atoms with van der Waals surface area (Å²) in [6.07, 6.45) is 8.27. The van der Waals surface area contributed by atoms with Crippen molar-refractivity contribution in [3.8, 4) is 17.2 Å². The van der Waals surface area contributed by atoms with Crippen molar-refractivity contribution in [2.75, 3.05) is 0 Å². The van der Waals surface area contributed by atoms with Gasteiger partial charge in [0.25, 0.3) is 5.56 Å². The first-order valence-electron chi connectivity index (χ1n) is 14.1. The lowest BCUT2D eigenvalue weighted by Crippen LogP contribution is -2.35. The van der Waals surface area contributed by atoms with Crippen LogP contribution in [0.5, 0.6) is 0 Å². The molecule has 0 saturated heterocycles. The number of nitriles is 1. The van der Waals surface area contributed by atoms with Gasteiger partial charge in [0.1, 0.15) is 12.9 Å². The molecule has 0 unspecified atom stereocenters. The van der Waals surface area contributed by atoms with Gasteiger partial charge < -0.3 is 9.15 Å². The maximum atomic E-state index is 14.2. The van der Waals surface area contributed by atoms with Crippen LogP contribution in [-0.4, -0.2) is 35.5 Å². The van der Waals surface area contributed by atoms with Crippen molar-refractivity contribution in [1.82, 2.24) is 29.4 Å². The third-order valence-electron chi connectivity index (χ3n) is 7.86. The van der Waals surface area contributed by atoms with Crippen LogP contribution >= 0.6 is 0 Å². The highest BCUT2D eigenvalue weighted by atomic mass is 16.5. The van der Waals surface area contributed by atoms with E-state index in [9.17, 15) is 10.1 Å². The number of benzene rings is 2. The predicted molar refractivity (Wildman–Crippen MR) is 151 cm³/mol. The van der Waals surface area contributed by atoms with Crippen LogP contribution in [0, 0.1) is 11.3 Å². The maximum Gasteiger partial charge on any atom is 0.259 e. The maximum absolute atomic E-state index is 14.2. The third-order valence-corrected chi connectivity index (χ3v) is 7.86. The first-order valence-corrected chi connectivity index (χ1v) is 14.1. The fourth-order valence-electron chi connectivity index (χ4n) is 5.83. The molecule has 6 rings (SSSR count). The summed E-state index contributed by atoms with van der Waals surface area (Å²) in [5, 5.41) is 21.6. The zero-order valence-corrected chi connectivity index (χ0v) is 22.9. The van der Waals surface area contributed by atoms with Gasteiger partial charge in [0.2, 0.25) is 18.1 Å². The summed E-state index contributed by atoms with van der Waals surface area (Å²) < 4.78 is 14.9. The number of rotatable bonds is 9. The van der Waals surface area contributed by atoms with Crippen LogP contribution < -0.4 is 5.56 Å². The Morgan fingerprint density at radius 3 is 2.63 bits per heavy atom. The molecule has 0 aliphatic heterocycles. The van der Waals surface area contributed by atoms with Gasteiger partial charge in [0, 0.05) is 18.0 Å². The molecule has 1 aliphatic carbocycles. The third kappa shape index (κ3) is 5.41. The molecule has 1 aliphatic rings. The number of aromatic nitrogens is 6. The van der Waals surface area contributed by atoms with Crippen LogP contribution in [0.4, 0.5) is 0 Å². The van der Waals surface area contributed by atoms with Gasteiger partial charge in [-0.15, -0.1) is 10.2 Å². The zero-order valence-electron chi connectivity index (χ0n) is 22.9. The Balaban J connectivity index is 1.28. The average molecular weight is 550 g/mol. The smallest absolute Gasteiger partial charge is 0.259 e. The summed E-state index contributed by atoms with van der Waals surface area (Å²) in [7, 11) is 0. The highest BCUT2D eigenvalue weighted by molar-refractivity contribution is 5.70. The molecule has 0 bridgehead atoms. The zero-order chi connectivity index (χ0) is 28.2. The second-order valence-corrected chi connectivity index (χ2v) is 10.4. The Kier molecular flexibility index (Phi) is 7.69. The SMILES string of the molecule is CCCc1c(Cc2ccc(-c3ccccc3C#N)cc2)c(=O)n(C2CCC(OCc3nnco3)CC2)c2ncnn12. The van der Waals surface area contributed by atoms with Crippen LogP contribution in [0.3, 0.4) is 0 Å². The molecule has 0 radical (unpaired) electrons. The monoisotopic (exact) mass is 549 g/mol. The molecule has 2 aromatic carbocycles. The Bertz CT molecular complexity index is 1720.